The number of aromatic nitrogens is 2. The monoisotopic (exact) mass is 195 g/mol. The minimum absolute atomic E-state index is 0.0644. The molecule has 14 heavy (non-hydrogen) atoms. The number of nitrogens with one attached hydrogen (secondary N) is 1. The smallest absolute Gasteiger partial charge is 0.219 e. The van der Waals surface area contributed by atoms with Crippen LogP contribution in [0.5, 0.6) is 0 Å². The summed E-state index contributed by atoms with van der Waals surface area (Å²) in [6.07, 6.45) is 0.256. The first kappa shape index (κ1) is 10.2. The first-order chi connectivity index (χ1) is 6.58. The van der Waals surface area contributed by atoms with Gasteiger partial charge in [0.2, 0.25) is 5.91 Å². The quantitative estimate of drug-likeness (QED) is 0.613. The van der Waals surface area contributed by atoms with Crippen molar-refractivity contribution in [3.8, 4) is 0 Å². The second-order valence-corrected chi connectivity index (χ2v) is 3.06. The van der Waals surface area contributed by atoms with Crippen LogP contribution in [0, 0.1) is 0 Å². The number of primary amides is 1. The van der Waals surface area contributed by atoms with Crippen molar-refractivity contribution in [1.82, 2.24) is 10.2 Å². The van der Waals surface area contributed by atoms with Crippen LogP contribution in [0.2, 0.25) is 0 Å². The molecule has 0 aromatic carbocycles. The van der Waals surface area contributed by atoms with E-state index in [2.05, 4.69) is 15.5 Å². The van der Waals surface area contributed by atoms with Gasteiger partial charge in [-0.1, -0.05) is 0 Å². The normalized spacial score (nSPS) is 12.1. The van der Waals surface area contributed by atoms with Gasteiger partial charge in [-0.05, 0) is 19.1 Å². The van der Waals surface area contributed by atoms with E-state index >= 15 is 0 Å². The van der Waals surface area contributed by atoms with E-state index in [1.807, 2.05) is 6.92 Å². The van der Waals surface area contributed by atoms with E-state index in [-0.39, 0.29) is 18.4 Å². The van der Waals surface area contributed by atoms with E-state index in [0.717, 1.165) is 0 Å². The summed E-state index contributed by atoms with van der Waals surface area (Å²) in [6.45, 7) is 1.84. The lowest BCUT2D eigenvalue weighted by Gasteiger charge is -2.11. The molecule has 0 aliphatic heterocycles. The van der Waals surface area contributed by atoms with Crippen LogP contribution in [-0.2, 0) is 4.79 Å². The maximum Gasteiger partial charge on any atom is 0.219 e. The van der Waals surface area contributed by atoms with E-state index in [0.29, 0.717) is 11.6 Å². The highest BCUT2D eigenvalue weighted by atomic mass is 16.1. The number of nitrogens with zero attached hydrogens (tertiary/aromatic N) is 2. The van der Waals surface area contributed by atoms with E-state index in [1.54, 1.807) is 12.1 Å². The standard InChI is InChI=1S/C8H13N5O/c1-5(4-7(10)14)11-8-3-2-6(9)12-13-8/h2-3,5H,4H2,1H3,(H2,9,12)(H2,10,14)(H,11,13). The number of nitrogen functional groups attached to an aromatic ring is 1. The predicted molar refractivity (Wildman–Crippen MR) is 53.3 cm³/mol. The summed E-state index contributed by atoms with van der Waals surface area (Å²) in [5.41, 5.74) is 10.4. The van der Waals surface area contributed by atoms with Gasteiger partial charge in [0.1, 0.15) is 11.6 Å². The molecule has 5 N–H and O–H groups in total. The minimum atomic E-state index is -0.353. The summed E-state index contributed by atoms with van der Waals surface area (Å²) < 4.78 is 0. The van der Waals surface area contributed by atoms with Gasteiger partial charge in [0.15, 0.2) is 0 Å². The SMILES string of the molecule is CC(CC(N)=O)Nc1ccc(N)nn1. The van der Waals surface area contributed by atoms with Gasteiger partial charge in [0, 0.05) is 12.5 Å². The van der Waals surface area contributed by atoms with Crippen molar-refractivity contribution in [2.24, 2.45) is 5.73 Å². The zero-order chi connectivity index (χ0) is 10.6. The first-order valence-corrected chi connectivity index (χ1v) is 4.22. The molecular weight excluding hydrogens is 182 g/mol. The Kier molecular flexibility index (Phi) is 3.22. The van der Waals surface area contributed by atoms with Gasteiger partial charge in [-0.3, -0.25) is 4.79 Å². The Balaban J connectivity index is 2.51. The lowest BCUT2D eigenvalue weighted by atomic mass is 10.2. The molecule has 1 heterocycles. The van der Waals surface area contributed by atoms with Gasteiger partial charge in [-0.2, -0.15) is 0 Å². The molecule has 0 aliphatic rings. The van der Waals surface area contributed by atoms with E-state index in [9.17, 15) is 4.79 Å². The second-order valence-electron chi connectivity index (χ2n) is 3.06. The molecule has 0 bridgehead atoms. The number of carbonyl (C=O) groups is 1. The molecule has 0 saturated carbocycles. The number of nitrogens with two attached hydrogens (primary N) is 2. The molecule has 6 nitrogen and oxygen atoms in total. The Bertz CT molecular complexity index is 310. The highest BCUT2D eigenvalue weighted by molar-refractivity contribution is 5.74. The van der Waals surface area contributed by atoms with Gasteiger partial charge < -0.3 is 16.8 Å². The summed E-state index contributed by atoms with van der Waals surface area (Å²) in [7, 11) is 0. The predicted octanol–water partition coefficient (Wildman–Crippen LogP) is -0.265. The summed E-state index contributed by atoms with van der Waals surface area (Å²) in [5.74, 6) is 0.583. The summed E-state index contributed by atoms with van der Waals surface area (Å²) in [4.78, 5) is 10.6. The number of rotatable bonds is 4. The van der Waals surface area contributed by atoms with Crippen LogP contribution in [-0.4, -0.2) is 22.1 Å². The average Bonchev–Trinajstić information content (AvgIpc) is 2.07. The highest BCUT2D eigenvalue weighted by Gasteiger charge is 2.06. The topological polar surface area (TPSA) is 107 Å². The highest BCUT2D eigenvalue weighted by Crippen LogP contribution is 2.05. The fourth-order valence-corrected chi connectivity index (χ4v) is 1.02. The third-order valence-electron chi connectivity index (χ3n) is 1.59. The third kappa shape index (κ3) is 3.26. The van der Waals surface area contributed by atoms with Crippen LogP contribution < -0.4 is 16.8 Å². The number of amides is 1. The molecule has 0 spiro atoms. The van der Waals surface area contributed by atoms with Crippen LogP contribution in [0.25, 0.3) is 0 Å². The fraction of sp³-hybridized carbons (Fsp3) is 0.375. The van der Waals surface area contributed by atoms with Crippen LogP contribution in [0.15, 0.2) is 12.1 Å². The molecule has 0 saturated heterocycles. The van der Waals surface area contributed by atoms with Crippen molar-refractivity contribution in [1.29, 1.82) is 0 Å². The van der Waals surface area contributed by atoms with Crippen LogP contribution in [0.1, 0.15) is 13.3 Å². The maximum absolute atomic E-state index is 10.6. The summed E-state index contributed by atoms with van der Waals surface area (Å²) in [6, 6.07) is 3.26. The lowest BCUT2D eigenvalue weighted by Crippen LogP contribution is -2.24. The molecule has 0 aliphatic carbocycles. The summed E-state index contributed by atoms with van der Waals surface area (Å²) in [5, 5.41) is 10.4. The Labute approximate surface area is 81.7 Å². The third-order valence-corrected chi connectivity index (χ3v) is 1.59. The maximum atomic E-state index is 10.6. The van der Waals surface area contributed by atoms with Crippen molar-refractivity contribution in [3.63, 3.8) is 0 Å². The van der Waals surface area contributed by atoms with Crippen LogP contribution in [0.3, 0.4) is 0 Å². The van der Waals surface area contributed by atoms with E-state index < -0.39 is 0 Å². The molecule has 0 radical (unpaired) electrons. The van der Waals surface area contributed by atoms with Gasteiger partial charge >= 0.3 is 0 Å². The molecule has 1 unspecified atom stereocenters. The molecule has 1 aromatic heterocycles. The minimum Gasteiger partial charge on any atom is -0.382 e. The van der Waals surface area contributed by atoms with Gasteiger partial charge in [-0.25, -0.2) is 0 Å². The molecule has 1 atom stereocenters. The molecule has 1 rings (SSSR count). The van der Waals surface area contributed by atoms with Crippen molar-refractivity contribution < 1.29 is 4.79 Å². The Hall–Kier alpha value is -1.85. The Morgan fingerprint density at radius 3 is 2.79 bits per heavy atom. The number of hydrogen-bond acceptors (Lipinski definition) is 5. The van der Waals surface area contributed by atoms with E-state index in [1.165, 1.54) is 0 Å². The van der Waals surface area contributed by atoms with Crippen molar-refractivity contribution in [3.05, 3.63) is 12.1 Å². The Morgan fingerprint density at radius 1 is 1.57 bits per heavy atom. The zero-order valence-corrected chi connectivity index (χ0v) is 7.90. The summed E-state index contributed by atoms with van der Waals surface area (Å²) >= 11 is 0. The number of hydrogen-bond donors (Lipinski definition) is 3. The van der Waals surface area contributed by atoms with Gasteiger partial charge in [0.25, 0.3) is 0 Å². The van der Waals surface area contributed by atoms with Crippen LogP contribution >= 0.6 is 0 Å². The second kappa shape index (κ2) is 4.40. The van der Waals surface area contributed by atoms with Crippen molar-refractivity contribution in [2.45, 2.75) is 19.4 Å². The van der Waals surface area contributed by atoms with Gasteiger partial charge in [0.05, 0.1) is 0 Å². The fourth-order valence-electron chi connectivity index (χ4n) is 1.02. The number of anilines is 2. The zero-order valence-electron chi connectivity index (χ0n) is 7.90. The van der Waals surface area contributed by atoms with Crippen molar-refractivity contribution >= 4 is 17.5 Å². The van der Waals surface area contributed by atoms with Crippen molar-refractivity contribution in [2.75, 3.05) is 11.1 Å². The largest absolute Gasteiger partial charge is 0.382 e. The average molecular weight is 195 g/mol. The lowest BCUT2D eigenvalue weighted by molar-refractivity contribution is -0.118. The Morgan fingerprint density at radius 2 is 2.29 bits per heavy atom. The number of carbonyl (C=O) groups excluding carboxylic acids is 1. The molecular formula is C8H13N5O. The van der Waals surface area contributed by atoms with Crippen LogP contribution in [0.4, 0.5) is 11.6 Å². The first-order valence-electron chi connectivity index (χ1n) is 4.22. The molecule has 76 valence electrons. The van der Waals surface area contributed by atoms with E-state index in [4.69, 9.17) is 11.5 Å². The molecule has 0 fully saturated rings. The molecule has 1 amide bonds. The molecule has 6 heteroatoms. The molecule has 1 aromatic rings. The van der Waals surface area contributed by atoms with Gasteiger partial charge in [-0.15, -0.1) is 10.2 Å².